The summed E-state index contributed by atoms with van der Waals surface area (Å²) in [5.41, 5.74) is 0.888. The Labute approximate surface area is 656 Å². The average Bonchev–Trinajstić information content (AvgIpc) is 0.859. The maximum absolute atomic E-state index is 12.8. The quantitative estimate of drug-likeness (QED) is 0.0369. The fourth-order valence-electron chi connectivity index (χ4n) is 13.0. The lowest BCUT2D eigenvalue weighted by Gasteiger charge is -2.36. The van der Waals surface area contributed by atoms with Gasteiger partial charge in [-0.25, -0.2) is 0 Å². The van der Waals surface area contributed by atoms with Gasteiger partial charge in [-0.05, 0) is 49.8 Å². The molecule has 0 amide bonds. The summed E-state index contributed by atoms with van der Waals surface area (Å²) >= 11 is 24.5. The lowest BCUT2D eigenvalue weighted by molar-refractivity contribution is -0.207. The third kappa shape index (κ3) is 26.6. The molecule has 36 heteroatoms. The summed E-state index contributed by atoms with van der Waals surface area (Å²) in [6.07, 6.45) is -31.9. The first-order valence-corrected chi connectivity index (χ1v) is 37.2. The Hall–Kier alpha value is -6.26. The van der Waals surface area contributed by atoms with Crippen LogP contribution in [0.1, 0.15) is 84.2 Å². The molecule has 5 unspecified atom stereocenters. The maximum atomic E-state index is 12.8. The molecule has 0 bridgehead atoms. The molecule has 5 aliphatic rings. The minimum absolute atomic E-state index is 0.0173. The Morgan fingerprint density at radius 3 is 0.856 bits per heavy atom. The smallest absolute Gasteiger partial charge is 0.383 e. The van der Waals surface area contributed by atoms with E-state index >= 15 is 0 Å². The van der Waals surface area contributed by atoms with Gasteiger partial charge in [-0.3, -0.25) is 19.6 Å². The number of nitriles is 1. The Balaban J connectivity index is 0.000000217. The van der Waals surface area contributed by atoms with Crippen LogP contribution in [-0.2, 0) is 4.74 Å². The maximum Gasteiger partial charge on any atom is 0.418 e. The van der Waals surface area contributed by atoms with Crippen molar-refractivity contribution in [2.45, 2.75) is 81.7 Å². The van der Waals surface area contributed by atoms with Crippen molar-refractivity contribution in [1.82, 2.24) is 24.5 Å². The normalized spacial score (nSPS) is 18.3. The lowest BCUT2D eigenvalue weighted by atomic mass is 10.00. The van der Waals surface area contributed by atoms with Crippen LogP contribution in [0.3, 0.4) is 0 Å². The van der Waals surface area contributed by atoms with Crippen LogP contribution >= 0.6 is 46.4 Å². The number of rotatable bonds is 20. The van der Waals surface area contributed by atoms with Gasteiger partial charge in [0.2, 0.25) is 0 Å². The molecule has 0 radical (unpaired) electrons. The van der Waals surface area contributed by atoms with E-state index in [1.807, 2.05) is 36.6 Å². The highest BCUT2D eigenvalue weighted by molar-refractivity contribution is 6.35. The van der Waals surface area contributed by atoms with Crippen LogP contribution in [0, 0.1) is 11.3 Å². The van der Waals surface area contributed by atoms with Gasteiger partial charge < -0.3 is 59.7 Å². The predicted octanol–water partition coefficient (Wildman–Crippen LogP) is 15.0. The van der Waals surface area contributed by atoms with Crippen molar-refractivity contribution in [1.29, 1.82) is 5.26 Å². The molecule has 5 aliphatic heterocycles. The van der Waals surface area contributed by atoms with Crippen LogP contribution in [-0.4, -0.2) is 258 Å². The standard InChI is InChI=1S/C16H18F3N3O.C15H20ClF3N2O2.C15H20ClF3N2O.C15H18ClF3N2O.C14H18ClF3N2O/c1-2-6-21-7-9-22(10-8-21)14-5-3-4-12(13(14)11-20)15(23)16(17,18)19;1-23-10-9-20-5-7-21(8-6-20)12-4-2-3-11(13(12)16)14(22)15(17,18)19;2*1-2-6-20-7-9-21(10-8-20)12-5-3-4-11(13(12)16)14(22)15(17,18)19;1-2-19-6-8-20(9-7-19)11-5-3-4-10(12(11)15)13(21)14(16,17)18/h2-5,15,23H,1,6-10H2;2-4,14,22H,5-10H2,1H3;3-5,14,22H,2,6-10H2,1H3;2-5,14,22H,1,6-10H2;3-5,13,21H,2,6-9H2,1H3. The molecule has 5 aromatic carbocycles. The van der Waals surface area contributed by atoms with Crippen LogP contribution < -0.4 is 24.5 Å². The first-order valence-electron chi connectivity index (χ1n) is 35.7. The molecule has 5 heterocycles. The molecular formula is C75H94Cl4F15N11O6. The molecular weight excluding hydrogens is 1580 g/mol. The number of aliphatic hydroxyl groups is 5. The Bertz CT molecular complexity index is 3750. The van der Waals surface area contributed by atoms with Gasteiger partial charge in [0.1, 0.15) is 6.07 Å². The fourth-order valence-corrected chi connectivity index (χ4v) is 14.4. The number of likely N-dealkylation sites (N-methyl/N-ethyl adjacent to an activating group) is 1. The summed E-state index contributed by atoms with van der Waals surface area (Å²) in [5, 5.41) is 56.4. The zero-order valence-corrected chi connectivity index (χ0v) is 64.5. The van der Waals surface area contributed by atoms with Crippen molar-refractivity contribution in [3.05, 3.63) is 170 Å². The topological polar surface area (TPSA) is 167 Å². The second-order valence-electron chi connectivity index (χ2n) is 26.5. The number of aliphatic hydroxyl groups excluding tert-OH is 5. The largest absolute Gasteiger partial charge is 0.418 e. The molecule has 5 saturated heterocycles. The number of alkyl halides is 15. The number of benzene rings is 5. The Morgan fingerprint density at radius 2 is 0.613 bits per heavy atom. The highest BCUT2D eigenvalue weighted by Gasteiger charge is 2.46. The van der Waals surface area contributed by atoms with Crippen LogP contribution in [0.5, 0.6) is 0 Å². The number of ether oxygens (including phenoxy) is 1. The zero-order chi connectivity index (χ0) is 82.3. The van der Waals surface area contributed by atoms with E-state index in [4.69, 9.17) is 51.1 Å². The molecule has 5 atom stereocenters. The molecule has 0 aromatic heterocycles. The lowest BCUT2D eigenvalue weighted by Crippen LogP contribution is -2.47. The van der Waals surface area contributed by atoms with Gasteiger partial charge in [-0.2, -0.15) is 71.1 Å². The Morgan fingerprint density at radius 1 is 0.378 bits per heavy atom. The van der Waals surface area contributed by atoms with E-state index in [0.717, 1.165) is 111 Å². The van der Waals surface area contributed by atoms with Gasteiger partial charge >= 0.3 is 30.9 Å². The van der Waals surface area contributed by atoms with Crippen LogP contribution in [0.2, 0.25) is 20.1 Å². The molecule has 618 valence electrons. The highest BCUT2D eigenvalue weighted by Crippen LogP contribution is 2.45. The average molecular weight is 1670 g/mol. The number of halogens is 19. The first kappa shape index (κ1) is 93.6. The number of piperazine rings is 5. The van der Waals surface area contributed by atoms with Gasteiger partial charge in [0.05, 0.1) is 60.7 Å². The van der Waals surface area contributed by atoms with E-state index in [0.29, 0.717) is 100 Å². The number of methoxy groups -OCH3 is 1. The van der Waals surface area contributed by atoms with Gasteiger partial charge in [0, 0.05) is 185 Å². The van der Waals surface area contributed by atoms with Crippen molar-refractivity contribution in [2.24, 2.45) is 0 Å². The summed E-state index contributed by atoms with van der Waals surface area (Å²) in [4.78, 5) is 20.9. The van der Waals surface area contributed by atoms with Crippen LogP contribution in [0.4, 0.5) is 94.3 Å². The number of hydrogen-bond acceptors (Lipinski definition) is 17. The second-order valence-corrected chi connectivity index (χ2v) is 28.0. The molecule has 0 spiro atoms. The van der Waals surface area contributed by atoms with E-state index in [1.54, 1.807) is 43.5 Å². The van der Waals surface area contributed by atoms with Crippen molar-refractivity contribution < 1.29 is 96.1 Å². The third-order valence-electron chi connectivity index (χ3n) is 19.2. The molecule has 5 N–H and O–H groups in total. The number of anilines is 5. The van der Waals surface area contributed by atoms with E-state index in [1.165, 1.54) is 54.6 Å². The molecule has 0 aliphatic carbocycles. The van der Waals surface area contributed by atoms with Crippen molar-refractivity contribution >= 4 is 74.8 Å². The number of hydrogen-bond donors (Lipinski definition) is 5. The van der Waals surface area contributed by atoms with E-state index in [2.05, 4.69) is 51.5 Å². The summed E-state index contributed by atoms with van der Waals surface area (Å²) in [5.74, 6) is 0. The molecule has 111 heavy (non-hydrogen) atoms. The van der Waals surface area contributed by atoms with Crippen molar-refractivity contribution in [3.63, 3.8) is 0 Å². The summed E-state index contributed by atoms with van der Waals surface area (Å²) < 4.78 is 196. The highest BCUT2D eigenvalue weighted by atomic mass is 35.5. The van der Waals surface area contributed by atoms with Crippen molar-refractivity contribution in [2.75, 3.05) is 202 Å². The molecule has 0 saturated carbocycles. The Kier molecular flexibility index (Phi) is 36.2. The van der Waals surface area contributed by atoms with Gasteiger partial charge in [0.15, 0.2) is 30.5 Å². The van der Waals surface area contributed by atoms with Gasteiger partial charge in [-0.1, -0.05) is 133 Å². The summed E-state index contributed by atoms with van der Waals surface area (Å²) in [6.45, 7) is 31.3. The number of nitrogens with zero attached hydrogens (tertiary/aromatic N) is 11. The third-order valence-corrected chi connectivity index (χ3v) is 20.8. The zero-order valence-electron chi connectivity index (χ0n) is 61.5. The molecule has 10 rings (SSSR count). The van der Waals surface area contributed by atoms with Crippen molar-refractivity contribution in [3.8, 4) is 6.07 Å². The van der Waals surface area contributed by atoms with E-state index < -0.39 is 67.0 Å². The minimum atomic E-state index is -4.80. The first-order chi connectivity index (χ1) is 52.2. The molecule has 17 nitrogen and oxygen atoms in total. The minimum Gasteiger partial charge on any atom is -0.383 e. The SMILES string of the molecule is C=CCN1CCN(c2cccc(C(O)C(F)(F)F)c2C#N)CC1.C=CCN1CCN(c2cccc(C(O)C(F)(F)F)c2Cl)CC1.CCCN1CCN(c2cccc(C(O)C(F)(F)F)c2Cl)CC1.CCN1CCN(c2cccc(C(O)C(F)(F)F)c2Cl)CC1.COCCN1CCN(c2cccc(C(O)C(F)(F)F)c2Cl)CC1. The van der Waals surface area contributed by atoms with Gasteiger partial charge in [0.25, 0.3) is 0 Å². The van der Waals surface area contributed by atoms with E-state index in [-0.39, 0.29) is 47.9 Å². The summed E-state index contributed by atoms with van der Waals surface area (Å²) in [6, 6.07) is 23.6. The van der Waals surface area contributed by atoms with Crippen LogP contribution in [0.15, 0.2) is 116 Å². The van der Waals surface area contributed by atoms with Crippen LogP contribution in [0.25, 0.3) is 0 Å². The predicted molar refractivity (Wildman–Crippen MR) is 404 cm³/mol. The monoisotopic (exact) mass is 1670 g/mol. The fraction of sp³-hybridized carbons (Fsp3) is 0.533. The summed E-state index contributed by atoms with van der Waals surface area (Å²) in [7, 11) is 1.65. The van der Waals surface area contributed by atoms with E-state index in [9.17, 15) is 96.7 Å². The second kappa shape index (κ2) is 42.9. The molecule has 5 fully saturated rings. The molecule has 5 aromatic rings. The van der Waals surface area contributed by atoms with Gasteiger partial charge in [-0.15, -0.1) is 13.2 Å².